The molecule has 1 aliphatic rings. The highest BCUT2D eigenvalue weighted by Crippen LogP contribution is 2.27. The Kier molecular flexibility index (Phi) is 9.27. The second-order valence-electron chi connectivity index (χ2n) is 7.34. The van der Waals surface area contributed by atoms with E-state index in [0.29, 0.717) is 13.0 Å². The van der Waals surface area contributed by atoms with Gasteiger partial charge < -0.3 is 24.6 Å². The van der Waals surface area contributed by atoms with Crippen LogP contribution in [0, 0.1) is 5.92 Å². The summed E-state index contributed by atoms with van der Waals surface area (Å²) >= 11 is 0. The monoisotopic (exact) mass is 430 g/mol. The van der Waals surface area contributed by atoms with E-state index in [4.69, 9.17) is 14.2 Å². The van der Waals surface area contributed by atoms with Crippen molar-refractivity contribution in [1.82, 2.24) is 10.3 Å². The fourth-order valence-electron chi connectivity index (χ4n) is 3.36. The van der Waals surface area contributed by atoms with E-state index in [9.17, 15) is 14.7 Å². The van der Waals surface area contributed by atoms with Crippen LogP contribution >= 0.6 is 0 Å². The summed E-state index contributed by atoms with van der Waals surface area (Å²) in [7, 11) is 1.36. The Morgan fingerprint density at radius 2 is 2.19 bits per heavy atom. The molecule has 1 aromatic heterocycles. The van der Waals surface area contributed by atoms with Crippen molar-refractivity contribution >= 4 is 11.9 Å². The van der Waals surface area contributed by atoms with Gasteiger partial charge in [0.2, 0.25) is 0 Å². The topological polar surface area (TPSA) is 107 Å². The number of esters is 1. The minimum atomic E-state index is -1.02. The lowest BCUT2D eigenvalue weighted by Crippen LogP contribution is -2.45. The molecule has 1 amide bonds. The van der Waals surface area contributed by atoms with Crippen LogP contribution in [0.1, 0.15) is 36.7 Å². The lowest BCUT2D eigenvalue weighted by molar-refractivity contribution is -0.151. The van der Waals surface area contributed by atoms with Crippen LogP contribution in [0.3, 0.4) is 0 Å². The molecule has 2 rings (SSSR count). The van der Waals surface area contributed by atoms with Crippen LogP contribution < -0.4 is 10.1 Å². The largest absolute Gasteiger partial charge is 0.503 e. The summed E-state index contributed by atoms with van der Waals surface area (Å²) in [6, 6.07) is 0.401. The highest BCUT2D eigenvalue weighted by atomic mass is 16.5. The molecular formula is C23H30N2O6. The first kappa shape index (κ1) is 24.1. The molecule has 2 unspecified atom stereocenters. The van der Waals surface area contributed by atoms with Gasteiger partial charge >= 0.3 is 5.97 Å². The second-order valence-corrected chi connectivity index (χ2v) is 7.34. The molecular weight excluding hydrogens is 400 g/mol. The van der Waals surface area contributed by atoms with Crippen molar-refractivity contribution in [2.45, 2.75) is 38.3 Å². The number of nitrogens with one attached hydrogen (secondary N) is 1. The molecule has 2 heterocycles. The number of aromatic hydroxyl groups is 1. The first-order valence-corrected chi connectivity index (χ1v) is 10.1. The van der Waals surface area contributed by atoms with Gasteiger partial charge in [-0.05, 0) is 37.7 Å². The third-order valence-corrected chi connectivity index (χ3v) is 4.97. The number of ether oxygens (including phenoxy) is 3. The zero-order valence-corrected chi connectivity index (χ0v) is 18.0. The molecule has 0 bridgehead atoms. The number of carbonyl (C=O) groups excluding carboxylic acids is 2. The number of allylic oxidation sites excluding steroid dienone is 4. The van der Waals surface area contributed by atoms with Crippen LogP contribution in [0.5, 0.6) is 11.5 Å². The zero-order chi connectivity index (χ0) is 22.8. The van der Waals surface area contributed by atoms with Crippen LogP contribution in [0.15, 0.2) is 49.2 Å². The van der Waals surface area contributed by atoms with Crippen LogP contribution in [-0.4, -0.2) is 54.4 Å². The summed E-state index contributed by atoms with van der Waals surface area (Å²) in [5.74, 6) is -1.44. The van der Waals surface area contributed by atoms with E-state index in [1.807, 2.05) is 13.0 Å². The molecule has 2 N–H and O–H groups in total. The van der Waals surface area contributed by atoms with Gasteiger partial charge in [-0.15, -0.1) is 0 Å². The van der Waals surface area contributed by atoms with E-state index in [0.717, 1.165) is 18.4 Å². The molecule has 0 aromatic carbocycles. The number of methoxy groups -OCH3 is 1. The molecule has 0 radical (unpaired) electrons. The fraction of sp³-hybridized carbons (Fsp3) is 0.435. The quantitative estimate of drug-likeness (QED) is 0.482. The van der Waals surface area contributed by atoms with Gasteiger partial charge in [0.15, 0.2) is 23.2 Å². The summed E-state index contributed by atoms with van der Waals surface area (Å²) in [6.45, 7) is 9.71. The number of nitrogens with zero attached hydrogens (tertiary/aromatic N) is 1. The fourth-order valence-corrected chi connectivity index (χ4v) is 3.36. The van der Waals surface area contributed by atoms with E-state index >= 15 is 0 Å². The Hall–Kier alpha value is -3.13. The Balaban J connectivity index is 2.04. The van der Waals surface area contributed by atoms with E-state index in [1.165, 1.54) is 19.4 Å². The summed E-state index contributed by atoms with van der Waals surface area (Å²) < 4.78 is 16.2. The molecule has 0 saturated carbocycles. The molecule has 1 saturated heterocycles. The minimum absolute atomic E-state index is 0.0463. The molecule has 1 fully saturated rings. The van der Waals surface area contributed by atoms with E-state index in [2.05, 4.69) is 23.5 Å². The standard InChI is InChI=1S/C23H30N2O6/c1-5-7-16(6-2)8-9-17-12-15(3)31-23(28)18(14-30-13-17)25-22(27)20-21(26)19(29-4)10-11-24-20/h5-7,10-11,15,17-18,26H,1-2,8-9,12-14H2,3-4H3,(H,25,27)/b16-7+/t15?,17?,18-/m0/s1. The van der Waals surface area contributed by atoms with Crippen LogP contribution in [0.4, 0.5) is 0 Å². The first-order valence-electron chi connectivity index (χ1n) is 10.1. The van der Waals surface area contributed by atoms with E-state index < -0.39 is 23.7 Å². The van der Waals surface area contributed by atoms with Gasteiger partial charge in [0.1, 0.15) is 0 Å². The number of pyridine rings is 1. The smallest absolute Gasteiger partial charge is 0.331 e. The SMILES string of the molecule is C=C/C=C(\C=C)CCC1COC[C@H](NC(=O)c2nccc(OC)c2O)C(=O)OC(C)C1. The maximum Gasteiger partial charge on any atom is 0.331 e. The molecule has 8 heteroatoms. The number of amides is 1. The number of carbonyl (C=O) groups is 2. The zero-order valence-electron chi connectivity index (χ0n) is 18.0. The van der Waals surface area contributed by atoms with Gasteiger partial charge in [-0.2, -0.15) is 0 Å². The van der Waals surface area contributed by atoms with Crippen molar-refractivity contribution in [3.63, 3.8) is 0 Å². The average Bonchev–Trinajstić information content (AvgIpc) is 2.80. The molecule has 8 nitrogen and oxygen atoms in total. The lowest BCUT2D eigenvalue weighted by Gasteiger charge is -2.20. The van der Waals surface area contributed by atoms with Crippen molar-refractivity contribution in [3.8, 4) is 11.5 Å². The highest BCUT2D eigenvalue weighted by Gasteiger charge is 2.29. The van der Waals surface area contributed by atoms with Gasteiger partial charge in [-0.1, -0.05) is 31.4 Å². The van der Waals surface area contributed by atoms with Crippen LogP contribution in [0.2, 0.25) is 0 Å². The van der Waals surface area contributed by atoms with Gasteiger partial charge in [-0.25, -0.2) is 9.78 Å². The Morgan fingerprint density at radius 3 is 2.87 bits per heavy atom. The number of hydrogen-bond acceptors (Lipinski definition) is 7. The van der Waals surface area contributed by atoms with Crippen LogP contribution in [0.25, 0.3) is 0 Å². The Morgan fingerprint density at radius 1 is 1.42 bits per heavy atom. The highest BCUT2D eigenvalue weighted by molar-refractivity contribution is 5.98. The number of cyclic esters (lactones) is 1. The van der Waals surface area contributed by atoms with Crippen molar-refractivity contribution in [2.75, 3.05) is 20.3 Å². The molecule has 31 heavy (non-hydrogen) atoms. The molecule has 168 valence electrons. The maximum absolute atomic E-state index is 12.6. The van der Waals surface area contributed by atoms with E-state index in [1.54, 1.807) is 12.2 Å². The van der Waals surface area contributed by atoms with Crippen molar-refractivity contribution in [1.29, 1.82) is 0 Å². The number of hydrogen-bond donors (Lipinski definition) is 2. The normalized spacial score (nSPS) is 22.3. The van der Waals surface area contributed by atoms with Gasteiger partial charge in [0, 0.05) is 18.9 Å². The summed E-state index contributed by atoms with van der Waals surface area (Å²) in [5.41, 5.74) is 0.833. The molecule has 0 spiro atoms. The van der Waals surface area contributed by atoms with Crippen LogP contribution in [-0.2, 0) is 14.3 Å². The van der Waals surface area contributed by atoms with Gasteiger partial charge in [0.05, 0.1) is 19.8 Å². The average molecular weight is 431 g/mol. The Bertz CT molecular complexity index is 835. The number of rotatable bonds is 8. The molecule has 3 atom stereocenters. The molecule has 0 aliphatic carbocycles. The van der Waals surface area contributed by atoms with Crippen molar-refractivity contribution in [3.05, 3.63) is 54.9 Å². The Labute approximate surface area is 182 Å². The second kappa shape index (κ2) is 11.9. The summed E-state index contributed by atoms with van der Waals surface area (Å²) in [6.07, 6.45) is 8.73. The third-order valence-electron chi connectivity index (χ3n) is 4.97. The lowest BCUT2D eigenvalue weighted by atomic mass is 9.95. The third kappa shape index (κ3) is 6.96. The molecule has 1 aromatic rings. The van der Waals surface area contributed by atoms with Crippen molar-refractivity contribution in [2.24, 2.45) is 5.92 Å². The minimum Gasteiger partial charge on any atom is -0.503 e. The predicted molar refractivity (Wildman–Crippen MR) is 116 cm³/mol. The van der Waals surface area contributed by atoms with E-state index in [-0.39, 0.29) is 30.1 Å². The maximum atomic E-state index is 12.6. The van der Waals surface area contributed by atoms with Gasteiger partial charge in [0.25, 0.3) is 5.91 Å². The molecule has 1 aliphatic heterocycles. The summed E-state index contributed by atoms with van der Waals surface area (Å²) in [4.78, 5) is 29.0. The van der Waals surface area contributed by atoms with Crippen molar-refractivity contribution < 1.29 is 28.9 Å². The first-order chi connectivity index (χ1) is 14.9. The van der Waals surface area contributed by atoms with Gasteiger partial charge in [-0.3, -0.25) is 4.79 Å². The number of aromatic nitrogens is 1. The predicted octanol–water partition coefficient (Wildman–Crippen LogP) is 2.94. The summed E-state index contributed by atoms with van der Waals surface area (Å²) in [5, 5.41) is 12.7.